The minimum absolute atomic E-state index is 0.0311. The van der Waals surface area contributed by atoms with Crippen LogP contribution in [0.3, 0.4) is 0 Å². The summed E-state index contributed by atoms with van der Waals surface area (Å²) in [4.78, 5) is 11.9. The third-order valence-electron chi connectivity index (χ3n) is 2.18. The van der Waals surface area contributed by atoms with Gasteiger partial charge in [0.05, 0.1) is 0 Å². The Morgan fingerprint density at radius 2 is 2.06 bits per heavy atom. The first kappa shape index (κ1) is 16.9. The molecule has 0 radical (unpaired) electrons. The molecule has 0 aliphatic heterocycles. The van der Waals surface area contributed by atoms with Crippen LogP contribution in [0.5, 0.6) is 0 Å². The van der Waals surface area contributed by atoms with Crippen LogP contribution >= 0.6 is 22.6 Å². The summed E-state index contributed by atoms with van der Waals surface area (Å²) in [6, 6.07) is 1.65. The number of nitrogens with zero attached hydrogens (tertiary/aromatic N) is 2. The van der Waals surface area contributed by atoms with Crippen molar-refractivity contribution < 1.29 is 9.90 Å². The molecule has 3 N–H and O–H groups in total. The van der Waals surface area contributed by atoms with Crippen LogP contribution in [-0.2, 0) is 4.79 Å². The number of hydrogen-bond donors (Lipinski definition) is 2. The molecule has 100 valence electrons. The summed E-state index contributed by atoms with van der Waals surface area (Å²) in [7, 11) is 0. The Labute approximate surface area is 121 Å². The van der Waals surface area contributed by atoms with E-state index in [0.29, 0.717) is 13.0 Å². The smallest absolute Gasteiger partial charge is 0.282 e. The summed E-state index contributed by atoms with van der Waals surface area (Å²) in [5, 5.41) is 19.4. The molecule has 0 aliphatic rings. The van der Waals surface area contributed by atoms with Gasteiger partial charge in [-0.15, -0.1) is 0 Å². The summed E-state index contributed by atoms with van der Waals surface area (Å²) in [6.45, 7) is 9.85. The fourth-order valence-electron chi connectivity index (χ4n) is 1.04. The van der Waals surface area contributed by atoms with Crippen molar-refractivity contribution in [1.82, 2.24) is 5.01 Å². The SMILES string of the molecule is C=C(I)/C(O)=C(/C#N)C(=O)N(N)CCC(C)(C)C. The molecule has 0 unspecified atom stereocenters. The number of rotatable bonds is 4. The van der Waals surface area contributed by atoms with Gasteiger partial charge in [-0.25, -0.2) is 5.84 Å². The van der Waals surface area contributed by atoms with E-state index < -0.39 is 11.7 Å². The lowest BCUT2D eigenvalue weighted by Crippen LogP contribution is -2.40. The topological polar surface area (TPSA) is 90.3 Å². The van der Waals surface area contributed by atoms with E-state index in [-0.39, 0.29) is 14.6 Å². The number of amides is 1. The third kappa shape index (κ3) is 5.51. The fraction of sp³-hybridized carbons (Fsp3) is 0.500. The average molecular weight is 363 g/mol. The number of carbonyl (C=O) groups is 1. The normalized spacial score (nSPS) is 12.4. The van der Waals surface area contributed by atoms with Crippen LogP contribution in [-0.4, -0.2) is 22.6 Å². The van der Waals surface area contributed by atoms with Crippen LogP contribution in [0, 0.1) is 16.7 Å². The average Bonchev–Trinajstić information content (AvgIpc) is 2.25. The van der Waals surface area contributed by atoms with Crippen molar-refractivity contribution in [2.45, 2.75) is 27.2 Å². The predicted molar refractivity (Wildman–Crippen MR) is 78.4 cm³/mol. The van der Waals surface area contributed by atoms with Crippen LogP contribution in [0.1, 0.15) is 27.2 Å². The van der Waals surface area contributed by atoms with Crippen LogP contribution in [0.15, 0.2) is 21.5 Å². The predicted octanol–water partition coefficient (Wildman–Crippen LogP) is 2.41. The molecule has 0 aliphatic carbocycles. The van der Waals surface area contributed by atoms with Crippen molar-refractivity contribution in [1.29, 1.82) is 5.26 Å². The summed E-state index contributed by atoms with van der Waals surface area (Å²) >= 11 is 1.73. The molecule has 0 saturated carbocycles. The highest BCUT2D eigenvalue weighted by molar-refractivity contribution is 14.1. The molecule has 0 aromatic carbocycles. The lowest BCUT2D eigenvalue weighted by Gasteiger charge is -2.23. The number of hydrogen-bond acceptors (Lipinski definition) is 4. The van der Waals surface area contributed by atoms with Crippen molar-refractivity contribution in [2.24, 2.45) is 11.3 Å². The lowest BCUT2D eigenvalue weighted by atomic mass is 9.92. The van der Waals surface area contributed by atoms with E-state index in [4.69, 9.17) is 11.1 Å². The first-order valence-corrected chi connectivity index (χ1v) is 6.42. The Bertz CT molecular complexity index is 416. The van der Waals surface area contributed by atoms with E-state index >= 15 is 0 Å². The van der Waals surface area contributed by atoms with Gasteiger partial charge >= 0.3 is 0 Å². The fourth-order valence-corrected chi connectivity index (χ4v) is 1.31. The van der Waals surface area contributed by atoms with Crippen molar-refractivity contribution in [3.8, 4) is 6.07 Å². The minimum atomic E-state index is -0.697. The van der Waals surface area contributed by atoms with Gasteiger partial charge in [0, 0.05) is 10.1 Å². The van der Waals surface area contributed by atoms with E-state index in [1.165, 1.54) is 0 Å². The van der Waals surface area contributed by atoms with Crippen molar-refractivity contribution in [3.63, 3.8) is 0 Å². The maximum atomic E-state index is 11.9. The molecule has 0 atom stereocenters. The van der Waals surface area contributed by atoms with Gasteiger partial charge in [0.25, 0.3) is 5.91 Å². The molecule has 0 aromatic heterocycles. The van der Waals surface area contributed by atoms with Gasteiger partial charge in [0.15, 0.2) is 11.3 Å². The van der Waals surface area contributed by atoms with Gasteiger partial charge in [-0.05, 0) is 34.4 Å². The molecule has 0 spiro atoms. The Balaban J connectivity index is 4.89. The van der Waals surface area contributed by atoms with Crippen LogP contribution in [0.2, 0.25) is 0 Å². The van der Waals surface area contributed by atoms with Gasteiger partial charge in [0.1, 0.15) is 6.07 Å². The van der Waals surface area contributed by atoms with E-state index in [2.05, 4.69) is 6.58 Å². The monoisotopic (exact) mass is 363 g/mol. The maximum absolute atomic E-state index is 11.9. The number of nitriles is 1. The van der Waals surface area contributed by atoms with Gasteiger partial charge in [-0.3, -0.25) is 9.80 Å². The van der Waals surface area contributed by atoms with Crippen molar-refractivity contribution in [3.05, 3.63) is 21.5 Å². The van der Waals surface area contributed by atoms with E-state index in [1.807, 2.05) is 20.8 Å². The molecule has 0 fully saturated rings. The third-order valence-corrected chi connectivity index (χ3v) is 2.69. The van der Waals surface area contributed by atoms with Gasteiger partial charge in [-0.1, -0.05) is 27.4 Å². The Hall–Kier alpha value is -1.07. The van der Waals surface area contributed by atoms with E-state index in [1.54, 1.807) is 28.7 Å². The zero-order valence-corrected chi connectivity index (χ0v) is 13.0. The maximum Gasteiger partial charge on any atom is 0.282 e. The first-order chi connectivity index (χ1) is 8.10. The number of allylic oxidation sites excluding steroid dienone is 1. The molecule has 0 heterocycles. The number of aliphatic hydroxyl groups is 1. The Morgan fingerprint density at radius 1 is 1.56 bits per heavy atom. The summed E-state index contributed by atoms with van der Waals surface area (Å²) < 4.78 is 0.224. The van der Waals surface area contributed by atoms with Crippen LogP contribution in [0.4, 0.5) is 0 Å². The zero-order chi connectivity index (χ0) is 14.5. The van der Waals surface area contributed by atoms with Gasteiger partial charge in [0.2, 0.25) is 0 Å². The Kier molecular flexibility index (Phi) is 6.35. The second-order valence-electron chi connectivity index (χ2n) is 5.05. The molecule has 6 heteroatoms. The summed E-state index contributed by atoms with van der Waals surface area (Å²) in [5.41, 5.74) is -0.352. The molecular formula is C12H18IN3O2. The molecule has 0 saturated heterocycles. The number of halogens is 1. The largest absolute Gasteiger partial charge is 0.505 e. The second-order valence-corrected chi connectivity index (χ2v) is 6.35. The zero-order valence-electron chi connectivity index (χ0n) is 10.8. The minimum Gasteiger partial charge on any atom is -0.505 e. The highest BCUT2D eigenvalue weighted by Crippen LogP contribution is 2.20. The lowest BCUT2D eigenvalue weighted by molar-refractivity contribution is -0.127. The van der Waals surface area contributed by atoms with Crippen LogP contribution in [0.25, 0.3) is 0 Å². The highest BCUT2D eigenvalue weighted by atomic mass is 127. The Morgan fingerprint density at radius 3 is 2.39 bits per heavy atom. The van der Waals surface area contributed by atoms with Crippen molar-refractivity contribution in [2.75, 3.05) is 6.54 Å². The van der Waals surface area contributed by atoms with Gasteiger partial charge in [-0.2, -0.15) is 5.26 Å². The second kappa shape index (κ2) is 6.75. The first-order valence-electron chi connectivity index (χ1n) is 5.35. The molecule has 0 rings (SSSR count). The van der Waals surface area contributed by atoms with Gasteiger partial charge < -0.3 is 5.11 Å². The molecule has 1 amide bonds. The van der Waals surface area contributed by atoms with E-state index in [0.717, 1.165) is 5.01 Å². The number of nitrogens with two attached hydrogens (primary N) is 1. The quantitative estimate of drug-likeness (QED) is 0.117. The van der Waals surface area contributed by atoms with Crippen molar-refractivity contribution >= 4 is 28.5 Å². The highest BCUT2D eigenvalue weighted by Gasteiger charge is 2.22. The summed E-state index contributed by atoms with van der Waals surface area (Å²) in [5.74, 6) is 4.48. The number of carbonyl (C=O) groups excluding carboxylic acids is 1. The molecular weight excluding hydrogens is 345 g/mol. The molecule has 0 bridgehead atoms. The standard InChI is InChI=1S/C12H18IN3O2/c1-8(13)10(17)9(7-14)11(18)16(15)6-5-12(2,3)4/h17H,1,5-6,15H2,2-4H3/b10-9+. The van der Waals surface area contributed by atoms with Crippen LogP contribution < -0.4 is 5.84 Å². The summed E-state index contributed by atoms with van der Waals surface area (Å²) in [6.07, 6.45) is 0.694. The van der Waals surface area contributed by atoms with E-state index in [9.17, 15) is 9.90 Å². The molecule has 0 aromatic rings. The molecule has 18 heavy (non-hydrogen) atoms. The number of hydrazine groups is 1. The number of aliphatic hydroxyl groups excluding tert-OH is 1. The molecule has 5 nitrogen and oxygen atoms in total.